The van der Waals surface area contributed by atoms with Gasteiger partial charge < -0.3 is 11.1 Å². The molecule has 0 saturated heterocycles. The Labute approximate surface area is 111 Å². The lowest BCUT2D eigenvalue weighted by Crippen LogP contribution is -2.64. The molecule has 106 valence electrons. The summed E-state index contributed by atoms with van der Waals surface area (Å²) >= 11 is 0. The highest BCUT2D eigenvalue weighted by molar-refractivity contribution is 5.86. The van der Waals surface area contributed by atoms with Crippen LogP contribution in [-0.4, -0.2) is 42.0 Å². The van der Waals surface area contributed by atoms with E-state index >= 15 is 0 Å². The van der Waals surface area contributed by atoms with E-state index in [-0.39, 0.29) is 5.91 Å². The summed E-state index contributed by atoms with van der Waals surface area (Å²) in [6, 6.07) is 0.492. The van der Waals surface area contributed by atoms with Gasteiger partial charge in [-0.15, -0.1) is 0 Å². The summed E-state index contributed by atoms with van der Waals surface area (Å²) in [6.45, 7) is 11.1. The fourth-order valence-electron chi connectivity index (χ4n) is 2.74. The molecule has 1 saturated carbocycles. The quantitative estimate of drug-likeness (QED) is 0.654. The molecule has 3 N–H and O–H groups in total. The van der Waals surface area contributed by atoms with Crippen LogP contribution >= 0.6 is 0 Å². The SMILES string of the molecule is CCNC(CN(CC)C(C)CC)(C(N)=O)C1CC1. The molecule has 2 unspecified atom stereocenters. The highest BCUT2D eigenvalue weighted by Crippen LogP contribution is 2.40. The van der Waals surface area contributed by atoms with Gasteiger partial charge in [0, 0.05) is 12.6 Å². The zero-order valence-corrected chi connectivity index (χ0v) is 12.3. The molecule has 0 heterocycles. The molecule has 0 radical (unpaired) electrons. The summed E-state index contributed by atoms with van der Waals surface area (Å²) in [4.78, 5) is 14.4. The van der Waals surface area contributed by atoms with Crippen LogP contribution in [0.25, 0.3) is 0 Å². The van der Waals surface area contributed by atoms with Gasteiger partial charge in [0.05, 0.1) is 0 Å². The second-order valence-corrected chi connectivity index (χ2v) is 5.46. The topological polar surface area (TPSA) is 58.4 Å². The Morgan fingerprint density at radius 1 is 1.44 bits per heavy atom. The van der Waals surface area contributed by atoms with E-state index in [1.54, 1.807) is 0 Å². The van der Waals surface area contributed by atoms with Crippen molar-refractivity contribution in [3.05, 3.63) is 0 Å². The number of carbonyl (C=O) groups is 1. The molecule has 1 fully saturated rings. The van der Waals surface area contributed by atoms with E-state index in [0.717, 1.165) is 38.9 Å². The van der Waals surface area contributed by atoms with E-state index in [1.807, 2.05) is 6.92 Å². The number of rotatable bonds is 9. The number of amides is 1. The molecule has 1 aliphatic carbocycles. The standard InChI is InChI=1S/C14H29N3O/c1-5-11(4)17(7-3)10-14(13(15)18,16-6-2)12-8-9-12/h11-12,16H,5-10H2,1-4H3,(H2,15,18). The van der Waals surface area contributed by atoms with Crippen molar-refractivity contribution in [1.82, 2.24) is 10.2 Å². The zero-order chi connectivity index (χ0) is 13.8. The molecule has 4 heteroatoms. The fraction of sp³-hybridized carbons (Fsp3) is 0.929. The number of nitrogens with two attached hydrogens (primary N) is 1. The van der Waals surface area contributed by atoms with Crippen LogP contribution in [0.15, 0.2) is 0 Å². The lowest BCUT2D eigenvalue weighted by Gasteiger charge is -2.39. The van der Waals surface area contributed by atoms with Crippen LogP contribution < -0.4 is 11.1 Å². The first-order chi connectivity index (χ1) is 8.51. The molecular formula is C14H29N3O. The molecular weight excluding hydrogens is 226 g/mol. The highest BCUT2D eigenvalue weighted by atomic mass is 16.1. The Bertz CT molecular complexity index is 278. The van der Waals surface area contributed by atoms with Gasteiger partial charge in [-0.25, -0.2) is 0 Å². The van der Waals surface area contributed by atoms with E-state index in [1.165, 1.54) is 0 Å². The van der Waals surface area contributed by atoms with Crippen LogP contribution in [0.4, 0.5) is 0 Å². The van der Waals surface area contributed by atoms with Crippen molar-refractivity contribution < 1.29 is 4.79 Å². The normalized spacial score (nSPS) is 20.7. The molecule has 2 atom stereocenters. The summed E-state index contributed by atoms with van der Waals surface area (Å²) in [5, 5.41) is 3.39. The predicted octanol–water partition coefficient (Wildman–Crippen LogP) is 1.35. The Balaban J connectivity index is 2.85. The lowest BCUT2D eigenvalue weighted by atomic mass is 9.90. The molecule has 4 nitrogen and oxygen atoms in total. The minimum Gasteiger partial charge on any atom is -0.368 e. The molecule has 0 spiro atoms. The third kappa shape index (κ3) is 3.23. The van der Waals surface area contributed by atoms with E-state index in [2.05, 4.69) is 31.0 Å². The number of nitrogens with one attached hydrogen (secondary N) is 1. The van der Waals surface area contributed by atoms with Gasteiger partial charge in [-0.2, -0.15) is 0 Å². The first-order valence-electron chi connectivity index (χ1n) is 7.30. The van der Waals surface area contributed by atoms with Crippen molar-refractivity contribution >= 4 is 5.91 Å². The van der Waals surface area contributed by atoms with Gasteiger partial charge in [-0.05, 0) is 45.2 Å². The van der Waals surface area contributed by atoms with Gasteiger partial charge in [-0.1, -0.05) is 20.8 Å². The number of primary amides is 1. The van der Waals surface area contributed by atoms with E-state index in [0.29, 0.717) is 12.0 Å². The van der Waals surface area contributed by atoms with Crippen LogP contribution in [0.1, 0.15) is 47.0 Å². The highest BCUT2D eigenvalue weighted by Gasteiger charge is 2.50. The second-order valence-electron chi connectivity index (χ2n) is 5.46. The van der Waals surface area contributed by atoms with Gasteiger partial charge in [0.2, 0.25) is 5.91 Å². The van der Waals surface area contributed by atoms with Gasteiger partial charge in [0.15, 0.2) is 0 Å². The molecule has 1 rings (SSSR count). The lowest BCUT2D eigenvalue weighted by molar-refractivity contribution is -0.126. The van der Waals surface area contributed by atoms with E-state index in [4.69, 9.17) is 5.73 Å². The van der Waals surface area contributed by atoms with E-state index < -0.39 is 5.54 Å². The fourth-order valence-corrected chi connectivity index (χ4v) is 2.74. The molecule has 1 amide bonds. The van der Waals surface area contributed by atoms with Crippen LogP contribution in [0, 0.1) is 5.92 Å². The molecule has 18 heavy (non-hydrogen) atoms. The molecule has 0 aromatic rings. The Hall–Kier alpha value is -0.610. The first-order valence-corrected chi connectivity index (χ1v) is 7.30. The van der Waals surface area contributed by atoms with Crippen LogP contribution in [-0.2, 0) is 4.79 Å². The van der Waals surface area contributed by atoms with Crippen LogP contribution in [0.5, 0.6) is 0 Å². The average Bonchev–Trinajstić information content (AvgIpc) is 3.17. The van der Waals surface area contributed by atoms with Gasteiger partial charge >= 0.3 is 0 Å². The predicted molar refractivity (Wildman–Crippen MR) is 75.3 cm³/mol. The van der Waals surface area contributed by atoms with Crippen molar-refractivity contribution in [2.45, 2.75) is 58.5 Å². The van der Waals surface area contributed by atoms with Crippen molar-refractivity contribution in [3.8, 4) is 0 Å². The molecule has 0 bridgehead atoms. The smallest absolute Gasteiger partial charge is 0.239 e. The molecule has 0 aliphatic heterocycles. The van der Waals surface area contributed by atoms with Gasteiger partial charge in [-0.3, -0.25) is 9.69 Å². The number of hydrogen-bond donors (Lipinski definition) is 2. The average molecular weight is 255 g/mol. The summed E-state index contributed by atoms with van der Waals surface area (Å²) in [5.41, 5.74) is 5.20. The Kier molecular flexibility index (Phi) is 5.60. The summed E-state index contributed by atoms with van der Waals surface area (Å²) in [6.07, 6.45) is 3.33. The maximum absolute atomic E-state index is 12.0. The number of likely N-dealkylation sites (N-methyl/N-ethyl adjacent to an activating group) is 2. The summed E-state index contributed by atoms with van der Waals surface area (Å²) in [7, 11) is 0. The van der Waals surface area contributed by atoms with Gasteiger partial charge in [0.25, 0.3) is 0 Å². The molecule has 1 aliphatic rings. The van der Waals surface area contributed by atoms with Gasteiger partial charge in [0.1, 0.15) is 5.54 Å². The number of hydrogen-bond acceptors (Lipinski definition) is 3. The minimum atomic E-state index is -0.520. The third-order valence-corrected chi connectivity index (χ3v) is 4.28. The molecule has 0 aromatic carbocycles. The van der Waals surface area contributed by atoms with Crippen LogP contribution in [0.3, 0.4) is 0 Å². The van der Waals surface area contributed by atoms with Crippen molar-refractivity contribution in [2.24, 2.45) is 11.7 Å². The largest absolute Gasteiger partial charge is 0.368 e. The Morgan fingerprint density at radius 3 is 2.39 bits per heavy atom. The number of carbonyl (C=O) groups excluding carboxylic acids is 1. The maximum atomic E-state index is 12.0. The van der Waals surface area contributed by atoms with Crippen molar-refractivity contribution in [3.63, 3.8) is 0 Å². The maximum Gasteiger partial charge on any atom is 0.239 e. The first kappa shape index (κ1) is 15.4. The minimum absolute atomic E-state index is 0.186. The summed E-state index contributed by atoms with van der Waals surface area (Å²) in [5.74, 6) is 0.238. The second kappa shape index (κ2) is 6.53. The monoisotopic (exact) mass is 255 g/mol. The third-order valence-electron chi connectivity index (χ3n) is 4.28. The zero-order valence-electron chi connectivity index (χ0n) is 12.3. The van der Waals surface area contributed by atoms with Crippen molar-refractivity contribution in [1.29, 1.82) is 0 Å². The Morgan fingerprint density at radius 2 is 2.06 bits per heavy atom. The molecule has 0 aromatic heterocycles. The number of nitrogens with zero attached hydrogens (tertiary/aromatic N) is 1. The van der Waals surface area contributed by atoms with Crippen LogP contribution in [0.2, 0.25) is 0 Å². The van der Waals surface area contributed by atoms with Crippen molar-refractivity contribution in [2.75, 3.05) is 19.6 Å². The summed E-state index contributed by atoms with van der Waals surface area (Å²) < 4.78 is 0. The van der Waals surface area contributed by atoms with E-state index in [9.17, 15) is 4.79 Å².